The summed E-state index contributed by atoms with van der Waals surface area (Å²) in [6.07, 6.45) is 4.07. The summed E-state index contributed by atoms with van der Waals surface area (Å²) in [4.78, 5) is 33.0. The van der Waals surface area contributed by atoms with Gasteiger partial charge in [-0.3, -0.25) is 14.6 Å². The minimum absolute atomic E-state index is 0.0456. The zero-order valence-corrected chi connectivity index (χ0v) is 15.1. The van der Waals surface area contributed by atoms with Crippen molar-refractivity contribution < 1.29 is 14.3 Å². The summed E-state index contributed by atoms with van der Waals surface area (Å²) < 4.78 is 5.35. The predicted octanol–water partition coefficient (Wildman–Crippen LogP) is 2.25. The van der Waals surface area contributed by atoms with E-state index in [4.69, 9.17) is 4.74 Å². The lowest BCUT2D eigenvalue weighted by Crippen LogP contribution is -2.50. The number of aromatic nitrogens is 1. The average Bonchev–Trinajstić information content (AvgIpc) is 2.73. The van der Waals surface area contributed by atoms with Crippen molar-refractivity contribution in [2.24, 2.45) is 0 Å². The summed E-state index contributed by atoms with van der Waals surface area (Å²) in [5.41, 5.74) is 2.25. The fraction of sp³-hybridized carbons (Fsp3) is 0.350. The second-order valence-corrected chi connectivity index (χ2v) is 6.21. The lowest BCUT2D eigenvalue weighted by Gasteiger charge is -2.35. The van der Waals surface area contributed by atoms with Crippen molar-refractivity contribution in [1.29, 1.82) is 0 Å². The van der Waals surface area contributed by atoms with E-state index in [1.54, 1.807) is 41.4 Å². The number of carbonyl (C=O) groups is 2. The Hall–Kier alpha value is -2.89. The van der Waals surface area contributed by atoms with E-state index in [1.165, 1.54) is 0 Å². The van der Waals surface area contributed by atoms with E-state index in [0.717, 1.165) is 12.0 Å². The highest BCUT2D eigenvalue weighted by atomic mass is 16.5. The Morgan fingerprint density at radius 2 is 1.77 bits per heavy atom. The van der Waals surface area contributed by atoms with Gasteiger partial charge in [0, 0.05) is 38.6 Å². The van der Waals surface area contributed by atoms with Crippen LogP contribution in [0.5, 0.6) is 5.75 Å². The first-order chi connectivity index (χ1) is 12.6. The molecule has 26 heavy (non-hydrogen) atoms. The van der Waals surface area contributed by atoms with Crippen LogP contribution in [0.2, 0.25) is 0 Å². The van der Waals surface area contributed by atoms with Crippen LogP contribution in [-0.2, 0) is 6.42 Å². The lowest BCUT2D eigenvalue weighted by molar-refractivity contribution is 0.0533. The number of methoxy groups -OCH3 is 1. The van der Waals surface area contributed by atoms with Gasteiger partial charge in [-0.2, -0.15) is 0 Å². The van der Waals surface area contributed by atoms with Crippen LogP contribution >= 0.6 is 0 Å². The number of ether oxygens (including phenoxy) is 1. The molecule has 1 fully saturated rings. The Morgan fingerprint density at radius 3 is 2.35 bits per heavy atom. The van der Waals surface area contributed by atoms with Crippen LogP contribution in [0.25, 0.3) is 0 Å². The second-order valence-electron chi connectivity index (χ2n) is 6.21. The smallest absolute Gasteiger partial charge is 0.257 e. The van der Waals surface area contributed by atoms with Crippen molar-refractivity contribution in [3.8, 4) is 5.75 Å². The van der Waals surface area contributed by atoms with E-state index in [1.807, 2.05) is 18.2 Å². The van der Waals surface area contributed by atoms with Gasteiger partial charge < -0.3 is 14.5 Å². The Bertz CT molecular complexity index is 784. The Kier molecular flexibility index (Phi) is 5.51. The fourth-order valence-electron chi connectivity index (χ4n) is 3.10. The van der Waals surface area contributed by atoms with Gasteiger partial charge in [-0.25, -0.2) is 0 Å². The largest absolute Gasteiger partial charge is 0.496 e. The molecule has 2 heterocycles. The van der Waals surface area contributed by atoms with Crippen molar-refractivity contribution in [2.75, 3.05) is 33.3 Å². The molecule has 136 valence electrons. The molecule has 0 saturated carbocycles. The molecular weight excluding hydrogens is 330 g/mol. The maximum absolute atomic E-state index is 12.9. The quantitative estimate of drug-likeness (QED) is 0.846. The van der Waals surface area contributed by atoms with Gasteiger partial charge in [0.15, 0.2) is 0 Å². The van der Waals surface area contributed by atoms with Gasteiger partial charge in [-0.1, -0.05) is 13.0 Å². The van der Waals surface area contributed by atoms with Crippen LogP contribution in [0.15, 0.2) is 42.7 Å². The number of carbonyl (C=O) groups excluding carboxylic acids is 2. The maximum Gasteiger partial charge on any atom is 0.257 e. The molecule has 1 aliphatic heterocycles. The molecule has 0 radical (unpaired) electrons. The van der Waals surface area contributed by atoms with E-state index < -0.39 is 0 Å². The standard InChI is InChI=1S/C20H23N3O3/c1-3-15-6-7-18(26-2)17(13-15)20(25)23-11-9-22(10-12-23)19(24)16-5-4-8-21-14-16/h4-8,13-14H,3,9-12H2,1-2H3. The van der Waals surface area contributed by atoms with E-state index in [0.29, 0.717) is 43.1 Å². The minimum Gasteiger partial charge on any atom is -0.496 e. The summed E-state index contributed by atoms with van der Waals surface area (Å²) in [7, 11) is 1.57. The van der Waals surface area contributed by atoms with Crippen LogP contribution in [0.4, 0.5) is 0 Å². The van der Waals surface area contributed by atoms with Gasteiger partial charge in [-0.05, 0) is 36.2 Å². The number of hydrogen-bond acceptors (Lipinski definition) is 4. The highest BCUT2D eigenvalue weighted by Crippen LogP contribution is 2.23. The normalized spacial score (nSPS) is 14.2. The molecule has 0 atom stereocenters. The summed E-state index contributed by atoms with van der Waals surface area (Å²) >= 11 is 0. The van der Waals surface area contributed by atoms with E-state index in [2.05, 4.69) is 11.9 Å². The van der Waals surface area contributed by atoms with Gasteiger partial charge in [0.2, 0.25) is 0 Å². The highest BCUT2D eigenvalue weighted by Gasteiger charge is 2.27. The number of rotatable bonds is 4. The van der Waals surface area contributed by atoms with Crippen LogP contribution in [0.1, 0.15) is 33.2 Å². The third-order valence-corrected chi connectivity index (χ3v) is 4.67. The Labute approximate surface area is 153 Å². The molecule has 0 spiro atoms. The zero-order chi connectivity index (χ0) is 18.5. The minimum atomic E-state index is -0.0503. The monoisotopic (exact) mass is 353 g/mol. The Morgan fingerprint density at radius 1 is 1.08 bits per heavy atom. The maximum atomic E-state index is 12.9. The molecule has 1 aromatic heterocycles. The summed E-state index contributed by atoms with van der Waals surface area (Å²) in [5, 5.41) is 0. The molecule has 2 amide bonds. The number of hydrogen-bond donors (Lipinski definition) is 0. The molecule has 3 rings (SSSR count). The molecule has 0 aliphatic carbocycles. The summed E-state index contributed by atoms with van der Waals surface area (Å²) in [6, 6.07) is 9.22. The van der Waals surface area contributed by atoms with Crippen LogP contribution in [-0.4, -0.2) is 59.9 Å². The molecule has 1 aromatic carbocycles. The highest BCUT2D eigenvalue weighted by molar-refractivity contribution is 5.98. The first-order valence-corrected chi connectivity index (χ1v) is 8.79. The summed E-state index contributed by atoms with van der Waals surface area (Å²) in [6.45, 7) is 4.08. The molecule has 0 unspecified atom stereocenters. The molecule has 6 heteroatoms. The van der Waals surface area contributed by atoms with Gasteiger partial charge in [0.05, 0.1) is 18.2 Å². The van der Waals surface area contributed by atoms with Gasteiger partial charge >= 0.3 is 0 Å². The van der Waals surface area contributed by atoms with Crippen molar-refractivity contribution in [2.45, 2.75) is 13.3 Å². The van der Waals surface area contributed by atoms with E-state index >= 15 is 0 Å². The van der Waals surface area contributed by atoms with Gasteiger partial charge in [0.1, 0.15) is 5.75 Å². The second kappa shape index (κ2) is 7.99. The zero-order valence-electron chi connectivity index (χ0n) is 15.1. The number of pyridine rings is 1. The third-order valence-electron chi connectivity index (χ3n) is 4.67. The first kappa shape index (κ1) is 17.9. The molecule has 1 saturated heterocycles. The number of nitrogens with zero attached hydrogens (tertiary/aromatic N) is 3. The van der Waals surface area contributed by atoms with Gasteiger partial charge in [0.25, 0.3) is 11.8 Å². The van der Waals surface area contributed by atoms with Crippen LogP contribution in [0.3, 0.4) is 0 Å². The van der Waals surface area contributed by atoms with Gasteiger partial charge in [-0.15, -0.1) is 0 Å². The summed E-state index contributed by atoms with van der Waals surface area (Å²) in [5.74, 6) is 0.488. The topological polar surface area (TPSA) is 62.7 Å². The van der Waals surface area contributed by atoms with Crippen LogP contribution in [0, 0.1) is 0 Å². The lowest BCUT2D eigenvalue weighted by atomic mass is 10.1. The first-order valence-electron chi connectivity index (χ1n) is 8.79. The number of amides is 2. The fourth-order valence-corrected chi connectivity index (χ4v) is 3.10. The number of piperazine rings is 1. The molecule has 0 bridgehead atoms. The van der Waals surface area contributed by atoms with E-state index in [-0.39, 0.29) is 11.8 Å². The SMILES string of the molecule is CCc1ccc(OC)c(C(=O)N2CCN(C(=O)c3cccnc3)CC2)c1. The average molecular weight is 353 g/mol. The molecule has 2 aromatic rings. The number of benzene rings is 1. The predicted molar refractivity (Wildman–Crippen MR) is 98.4 cm³/mol. The third kappa shape index (κ3) is 3.69. The molecule has 6 nitrogen and oxygen atoms in total. The van der Waals surface area contributed by atoms with Crippen molar-refractivity contribution in [3.63, 3.8) is 0 Å². The molecular formula is C20H23N3O3. The van der Waals surface area contributed by atoms with Crippen molar-refractivity contribution in [1.82, 2.24) is 14.8 Å². The Balaban J connectivity index is 1.68. The molecule has 1 aliphatic rings. The van der Waals surface area contributed by atoms with Crippen molar-refractivity contribution in [3.05, 3.63) is 59.4 Å². The van der Waals surface area contributed by atoms with Crippen molar-refractivity contribution >= 4 is 11.8 Å². The number of aryl methyl sites for hydroxylation is 1. The van der Waals surface area contributed by atoms with Crippen LogP contribution < -0.4 is 4.74 Å². The van der Waals surface area contributed by atoms with E-state index in [9.17, 15) is 9.59 Å². The molecule has 0 N–H and O–H groups in total.